The maximum absolute atomic E-state index is 11.8. The summed E-state index contributed by atoms with van der Waals surface area (Å²) in [6, 6.07) is 1.98. The largest absolute Gasteiger partial charge is 0.292 e. The molecule has 0 aliphatic carbocycles. The molecule has 0 spiro atoms. The van der Waals surface area contributed by atoms with Gasteiger partial charge in [0, 0.05) is 18.1 Å². The second-order valence-electron chi connectivity index (χ2n) is 3.58. The van der Waals surface area contributed by atoms with Crippen molar-refractivity contribution in [2.45, 2.75) is 19.8 Å². The average molecular weight is 235 g/mol. The number of hydrogen-bond donors (Lipinski definition) is 0. The maximum atomic E-state index is 11.8. The van der Waals surface area contributed by atoms with Crippen LogP contribution in [-0.4, -0.2) is 20.5 Å². The lowest BCUT2D eigenvalue weighted by atomic mass is 10.1. The van der Waals surface area contributed by atoms with Crippen LogP contribution in [0, 0.1) is 0 Å². The van der Waals surface area contributed by atoms with E-state index in [1.54, 1.807) is 15.6 Å². The van der Waals surface area contributed by atoms with Crippen molar-refractivity contribution < 1.29 is 4.79 Å². The molecule has 0 saturated carbocycles. The molecule has 5 heteroatoms. The lowest BCUT2D eigenvalue weighted by Crippen LogP contribution is -2.08. The van der Waals surface area contributed by atoms with Gasteiger partial charge in [0.25, 0.3) is 0 Å². The maximum Gasteiger partial charge on any atom is 0.187 e. The van der Waals surface area contributed by atoms with E-state index in [0.717, 1.165) is 17.8 Å². The molecule has 2 aromatic rings. The van der Waals surface area contributed by atoms with Crippen LogP contribution in [0.5, 0.6) is 0 Å². The Morgan fingerprint density at radius 1 is 1.56 bits per heavy atom. The summed E-state index contributed by atoms with van der Waals surface area (Å²) < 4.78 is 1.77. The summed E-state index contributed by atoms with van der Waals surface area (Å²) in [4.78, 5) is 15.8. The fourth-order valence-corrected chi connectivity index (χ4v) is 2.07. The molecule has 0 amide bonds. The van der Waals surface area contributed by atoms with Gasteiger partial charge >= 0.3 is 0 Å². The molecule has 0 bridgehead atoms. The van der Waals surface area contributed by atoms with E-state index >= 15 is 0 Å². The minimum Gasteiger partial charge on any atom is -0.292 e. The number of Topliss-reactive ketones (excluding diaryl/α,β-unsaturated/α-hetero) is 1. The highest BCUT2D eigenvalue weighted by atomic mass is 32.1. The predicted octanol–water partition coefficient (Wildman–Crippen LogP) is 1.86. The Bertz CT molecular complexity index is 487. The Morgan fingerprint density at radius 3 is 2.94 bits per heavy atom. The quantitative estimate of drug-likeness (QED) is 0.760. The number of ketones is 1. The Hall–Kier alpha value is -1.49. The van der Waals surface area contributed by atoms with E-state index < -0.39 is 0 Å². The van der Waals surface area contributed by atoms with Gasteiger partial charge in [0.05, 0.1) is 17.6 Å². The SMILES string of the molecule is CCc1cc(CC(=O)c2cscn2)n(C)n1. The van der Waals surface area contributed by atoms with Crippen LogP contribution in [0.15, 0.2) is 17.0 Å². The van der Waals surface area contributed by atoms with Crippen molar-refractivity contribution in [1.29, 1.82) is 0 Å². The number of carbonyl (C=O) groups excluding carboxylic acids is 1. The third-order valence-corrected chi connectivity index (χ3v) is 3.04. The van der Waals surface area contributed by atoms with Crippen molar-refractivity contribution in [2.24, 2.45) is 7.05 Å². The van der Waals surface area contributed by atoms with Crippen LogP contribution < -0.4 is 0 Å². The molecule has 84 valence electrons. The van der Waals surface area contributed by atoms with Crippen molar-refractivity contribution in [2.75, 3.05) is 0 Å². The number of aromatic nitrogens is 3. The molecule has 2 aromatic heterocycles. The molecule has 16 heavy (non-hydrogen) atoms. The third-order valence-electron chi connectivity index (χ3n) is 2.45. The molecule has 0 radical (unpaired) electrons. The average Bonchev–Trinajstić information content (AvgIpc) is 2.88. The Morgan fingerprint density at radius 2 is 2.38 bits per heavy atom. The molecular formula is C11H13N3OS. The first kappa shape index (κ1) is 11.0. The number of nitrogens with zero attached hydrogens (tertiary/aromatic N) is 3. The first-order valence-corrected chi connectivity index (χ1v) is 6.08. The molecule has 0 saturated heterocycles. The number of aryl methyl sites for hydroxylation is 2. The van der Waals surface area contributed by atoms with Gasteiger partial charge in [-0.25, -0.2) is 4.98 Å². The Kier molecular flexibility index (Phi) is 3.14. The second-order valence-corrected chi connectivity index (χ2v) is 4.30. The van der Waals surface area contributed by atoms with E-state index in [9.17, 15) is 4.79 Å². The van der Waals surface area contributed by atoms with Gasteiger partial charge in [-0.05, 0) is 12.5 Å². The number of carbonyl (C=O) groups is 1. The standard InChI is InChI=1S/C11H13N3OS/c1-3-8-4-9(14(2)13-8)5-11(15)10-6-16-7-12-10/h4,6-7H,3,5H2,1-2H3. The van der Waals surface area contributed by atoms with Crippen LogP contribution in [0.3, 0.4) is 0 Å². The highest BCUT2D eigenvalue weighted by molar-refractivity contribution is 7.07. The Labute approximate surface area is 97.9 Å². The summed E-state index contributed by atoms with van der Waals surface area (Å²) in [6.07, 6.45) is 1.26. The number of hydrogen-bond acceptors (Lipinski definition) is 4. The predicted molar refractivity (Wildman–Crippen MR) is 62.7 cm³/mol. The van der Waals surface area contributed by atoms with Crippen LogP contribution >= 0.6 is 11.3 Å². The van der Waals surface area contributed by atoms with Crippen LogP contribution in [0.2, 0.25) is 0 Å². The lowest BCUT2D eigenvalue weighted by molar-refractivity contribution is 0.0986. The molecule has 0 aliphatic heterocycles. The van der Waals surface area contributed by atoms with Crippen molar-refractivity contribution in [3.8, 4) is 0 Å². The van der Waals surface area contributed by atoms with Crippen molar-refractivity contribution >= 4 is 17.1 Å². The summed E-state index contributed by atoms with van der Waals surface area (Å²) in [7, 11) is 1.86. The van der Waals surface area contributed by atoms with Gasteiger partial charge in [0.15, 0.2) is 5.78 Å². The molecule has 0 atom stereocenters. The third kappa shape index (κ3) is 2.19. The molecule has 4 nitrogen and oxygen atoms in total. The molecule has 2 heterocycles. The fourth-order valence-electron chi connectivity index (χ4n) is 1.52. The zero-order chi connectivity index (χ0) is 11.5. The summed E-state index contributed by atoms with van der Waals surface area (Å²) >= 11 is 1.44. The number of thiazole rings is 1. The summed E-state index contributed by atoms with van der Waals surface area (Å²) in [5, 5.41) is 6.09. The summed E-state index contributed by atoms with van der Waals surface area (Å²) in [6.45, 7) is 2.05. The van der Waals surface area contributed by atoms with Crippen LogP contribution in [0.1, 0.15) is 28.8 Å². The monoisotopic (exact) mass is 235 g/mol. The van der Waals surface area contributed by atoms with Crippen LogP contribution in [0.4, 0.5) is 0 Å². The zero-order valence-electron chi connectivity index (χ0n) is 9.30. The van der Waals surface area contributed by atoms with E-state index in [-0.39, 0.29) is 5.78 Å². The van der Waals surface area contributed by atoms with Crippen molar-refractivity contribution in [3.63, 3.8) is 0 Å². The normalized spacial score (nSPS) is 10.6. The van der Waals surface area contributed by atoms with E-state index in [0.29, 0.717) is 12.1 Å². The van der Waals surface area contributed by atoms with Gasteiger partial charge in [0.2, 0.25) is 0 Å². The van der Waals surface area contributed by atoms with Crippen LogP contribution in [-0.2, 0) is 19.9 Å². The smallest absolute Gasteiger partial charge is 0.187 e. The Balaban J connectivity index is 2.15. The molecule has 2 rings (SSSR count). The molecule has 0 fully saturated rings. The topological polar surface area (TPSA) is 47.8 Å². The molecule has 0 aromatic carbocycles. The van der Waals surface area contributed by atoms with E-state index in [4.69, 9.17) is 0 Å². The van der Waals surface area contributed by atoms with E-state index in [2.05, 4.69) is 10.1 Å². The lowest BCUT2D eigenvalue weighted by Gasteiger charge is -1.98. The summed E-state index contributed by atoms with van der Waals surface area (Å²) in [5.41, 5.74) is 4.18. The van der Waals surface area contributed by atoms with Gasteiger partial charge in [-0.1, -0.05) is 6.92 Å². The minimum absolute atomic E-state index is 0.0481. The summed E-state index contributed by atoms with van der Waals surface area (Å²) in [5.74, 6) is 0.0481. The highest BCUT2D eigenvalue weighted by Crippen LogP contribution is 2.09. The van der Waals surface area contributed by atoms with Gasteiger partial charge in [-0.15, -0.1) is 11.3 Å². The van der Waals surface area contributed by atoms with Gasteiger partial charge in [-0.3, -0.25) is 9.48 Å². The molecule has 0 unspecified atom stereocenters. The first-order chi connectivity index (χ1) is 7.70. The number of rotatable bonds is 4. The molecule has 0 aliphatic rings. The van der Waals surface area contributed by atoms with Crippen LogP contribution in [0.25, 0.3) is 0 Å². The van der Waals surface area contributed by atoms with Crippen molar-refractivity contribution in [3.05, 3.63) is 34.0 Å². The van der Waals surface area contributed by atoms with Gasteiger partial charge < -0.3 is 0 Å². The molecular weight excluding hydrogens is 222 g/mol. The van der Waals surface area contributed by atoms with Gasteiger partial charge in [0.1, 0.15) is 5.69 Å². The minimum atomic E-state index is 0.0481. The van der Waals surface area contributed by atoms with E-state index in [1.165, 1.54) is 11.3 Å². The zero-order valence-corrected chi connectivity index (χ0v) is 10.1. The van der Waals surface area contributed by atoms with Gasteiger partial charge in [-0.2, -0.15) is 5.10 Å². The van der Waals surface area contributed by atoms with E-state index in [1.807, 2.05) is 20.0 Å². The van der Waals surface area contributed by atoms with Crippen molar-refractivity contribution in [1.82, 2.24) is 14.8 Å². The highest BCUT2D eigenvalue weighted by Gasteiger charge is 2.12. The molecule has 0 N–H and O–H groups in total. The first-order valence-electron chi connectivity index (χ1n) is 5.14. The second kappa shape index (κ2) is 4.57. The fraction of sp³-hybridized carbons (Fsp3) is 0.364.